The molecule has 1 aromatic rings. The van der Waals surface area contributed by atoms with Crippen LogP contribution in [-0.4, -0.2) is 45.2 Å². The molecule has 0 aromatic heterocycles. The lowest BCUT2D eigenvalue weighted by Crippen LogP contribution is -2.31. The molecule has 1 unspecified atom stereocenters. The number of hydrogen-bond acceptors (Lipinski definition) is 4. The van der Waals surface area contributed by atoms with E-state index in [9.17, 15) is 4.79 Å². The highest BCUT2D eigenvalue weighted by molar-refractivity contribution is 5.88. The van der Waals surface area contributed by atoms with Gasteiger partial charge in [0.25, 0.3) is 0 Å². The van der Waals surface area contributed by atoms with Gasteiger partial charge in [0.05, 0.1) is 19.8 Å². The molecule has 0 saturated heterocycles. The molecule has 1 aliphatic rings. The highest BCUT2D eigenvalue weighted by atomic mass is 16.5. The Balaban J connectivity index is 2.14. The van der Waals surface area contributed by atoms with Crippen molar-refractivity contribution in [3.05, 3.63) is 35.4 Å². The number of rotatable bonds is 5. The second-order valence-electron chi connectivity index (χ2n) is 5.75. The van der Waals surface area contributed by atoms with Crippen LogP contribution in [0.2, 0.25) is 0 Å². The largest absolute Gasteiger partial charge is 0.493 e. The van der Waals surface area contributed by atoms with Crippen LogP contribution >= 0.6 is 0 Å². The van der Waals surface area contributed by atoms with Gasteiger partial charge in [-0.3, -0.25) is 4.79 Å². The number of aryl methyl sites for hydroxylation is 1. The summed E-state index contributed by atoms with van der Waals surface area (Å²) in [6.45, 7) is 3.32. The predicted octanol–water partition coefficient (Wildman–Crippen LogP) is 2.06. The van der Waals surface area contributed by atoms with Crippen LogP contribution in [0.25, 0.3) is 0 Å². The van der Waals surface area contributed by atoms with Gasteiger partial charge in [-0.1, -0.05) is 12.1 Å². The molecule has 0 aliphatic carbocycles. The van der Waals surface area contributed by atoms with Crippen LogP contribution < -0.4 is 14.8 Å². The third-order valence-electron chi connectivity index (χ3n) is 3.53. The molecule has 5 heteroatoms. The van der Waals surface area contributed by atoms with Gasteiger partial charge in [0.2, 0.25) is 5.91 Å². The van der Waals surface area contributed by atoms with Gasteiger partial charge in [-0.25, -0.2) is 0 Å². The van der Waals surface area contributed by atoms with Crippen LogP contribution in [0.3, 0.4) is 0 Å². The Bertz CT molecular complexity index is 567. The van der Waals surface area contributed by atoms with E-state index in [4.69, 9.17) is 9.47 Å². The maximum absolute atomic E-state index is 12.1. The Morgan fingerprint density at radius 3 is 2.95 bits per heavy atom. The van der Waals surface area contributed by atoms with Crippen molar-refractivity contribution >= 4 is 5.91 Å². The van der Waals surface area contributed by atoms with E-state index < -0.39 is 0 Å². The molecule has 0 bridgehead atoms. The molecule has 0 fully saturated rings. The van der Waals surface area contributed by atoms with Gasteiger partial charge in [0, 0.05) is 24.6 Å². The highest BCUT2D eigenvalue weighted by Crippen LogP contribution is 2.40. The highest BCUT2D eigenvalue weighted by Gasteiger charge is 2.25. The molecule has 1 N–H and O–H groups in total. The Labute approximate surface area is 131 Å². The van der Waals surface area contributed by atoms with Crippen molar-refractivity contribution < 1.29 is 14.3 Å². The quantitative estimate of drug-likeness (QED) is 0.846. The van der Waals surface area contributed by atoms with E-state index in [1.165, 1.54) is 0 Å². The predicted molar refractivity (Wildman–Crippen MR) is 86.4 cm³/mol. The van der Waals surface area contributed by atoms with Crippen LogP contribution in [0.5, 0.6) is 11.5 Å². The second kappa shape index (κ2) is 7.31. The average Bonchev–Trinajstić information content (AvgIpc) is 2.46. The van der Waals surface area contributed by atoms with Gasteiger partial charge in [0.1, 0.15) is 0 Å². The smallest absolute Gasteiger partial charge is 0.244 e. The van der Waals surface area contributed by atoms with Gasteiger partial charge < -0.3 is 19.7 Å². The van der Waals surface area contributed by atoms with E-state index in [1.807, 2.05) is 44.1 Å². The van der Waals surface area contributed by atoms with E-state index in [2.05, 4.69) is 5.32 Å². The third kappa shape index (κ3) is 4.01. The van der Waals surface area contributed by atoms with Gasteiger partial charge in [-0.2, -0.15) is 0 Å². The van der Waals surface area contributed by atoms with Gasteiger partial charge in [-0.05, 0) is 32.6 Å². The lowest BCUT2D eigenvalue weighted by atomic mass is 9.98. The fourth-order valence-electron chi connectivity index (χ4n) is 2.51. The third-order valence-corrected chi connectivity index (χ3v) is 3.53. The van der Waals surface area contributed by atoms with E-state index in [1.54, 1.807) is 13.2 Å². The molecule has 0 radical (unpaired) electrons. The van der Waals surface area contributed by atoms with E-state index in [-0.39, 0.29) is 11.9 Å². The molecule has 0 spiro atoms. The van der Waals surface area contributed by atoms with Crippen LogP contribution in [0, 0.1) is 6.92 Å². The summed E-state index contributed by atoms with van der Waals surface area (Å²) in [5.41, 5.74) is 2.07. The normalized spacial score (nSPS) is 17.2. The van der Waals surface area contributed by atoms with Crippen molar-refractivity contribution in [1.29, 1.82) is 0 Å². The molecule has 1 aliphatic heterocycles. The molecular formula is C17H24N2O3. The van der Waals surface area contributed by atoms with Crippen molar-refractivity contribution in [2.24, 2.45) is 0 Å². The molecule has 22 heavy (non-hydrogen) atoms. The first-order valence-electron chi connectivity index (χ1n) is 7.44. The molecular weight excluding hydrogens is 280 g/mol. The van der Waals surface area contributed by atoms with Crippen molar-refractivity contribution in [3.63, 3.8) is 0 Å². The molecule has 120 valence electrons. The molecule has 1 heterocycles. The van der Waals surface area contributed by atoms with Crippen molar-refractivity contribution in [2.75, 3.05) is 34.4 Å². The standard InChI is InChI=1S/C17H24N2O3/c1-12-10-13-14(18-16(20)6-5-8-19(2)3)7-9-22-17(13)15(11-12)21-4/h5-6,10-11,14H,7-9H2,1-4H3,(H,18,20)/b6-5+. The average molecular weight is 304 g/mol. The van der Waals surface area contributed by atoms with Crippen molar-refractivity contribution in [3.8, 4) is 11.5 Å². The lowest BCUT2D eigenvalue weighted by Gasteiger charge is -2.28. The van der Waals surface area contributed by atoms with Gasteiger partial charge >= 0.3 is 0 Å². The minimum Gasteiger partial charge on any atom is -0.493 e. The molecule has 2 rings (SSSR count). The molecule has 1 amide bonds. The molecule has 5 nitrogen and oxygen atoms in total. The Morgan fingerprint density at radius 1 is 1.50 bits per heavy atom. The number of carbonyl (C=O) groups excluding carboxylic acids is 1. The SMILES string of the molecule is COc1cc(C)cc2c1OCCC2NC(=O)/C=C/CN(C)C. The summed E-state index contributed by atoms with van der Waals surface area (Å²) in [5.74, 6) is 1.37. The van der Waals surface area contributed by atoms with Crippen molar-refractivity contribution in [2.45, 2.75) is 19.4 Å². The van der Waals surface area contributed by atoms with Crippen molar-refractivity contribution in [1.82, 2.24) is 10.2 Å². The summed E-state index contributed by atoms with van der Waals surface area (Å²) in [6.07, 6.45) is 4.20. The number of likely N-dealkylation sites (N-methyl/N-ethyl adjacent to an activating group) is 1. The van der Waals surface area contributed by atoms with Crippen LogP contribution in [-0.2, 0) is 4.79 Å². The molecule has 1 aromatic carbocycles. The maximum Gasteiger partial charge on any atom is 0.244 e. The monoisotopic (exact) mass is 304 g/mol. The lowest BCUT2D eigenvalue weighted by molar-refractivity contribution is -0.117. The van der Waals surface area contributed by atoms with Gasteiger partial charge in [-0.15, -0.1) is 0 Å². The number of hydrogen-bond donors (Lipinski definition) is 1. The summed E-state index contributed by atoms with van der Waals surface area (Å²) in [4.78, 5) is 14.1. The minimum absolute atomic E-state index is 0.0472. The summed E-state index contributed by atoms with van der Waals surface area (Å²) < 4.78 is 11.1. The topological polar surface area (TPSA) is 50.8 Å². The minimum atomic E-state index is -0.0832. The fraction of sp³-hybridized carbons (Fsp3) is 0.471. The number of methoxy groups -OCH3 is 1. The van der Waals surface area contributed by atoms with E-state index >= 15 is 0 Å². The number of benzene rings is 1. The van der Waals surface area contributed by atoms with Crippen LogP contribution in [0.1, 0.15) is 23.6 Å². The number of nitrogens with zero attached hydrogens (tertiary/aromatic N) is 1. The zero-order valence-electron chi connectivity index (χ0n) is 13.7. The zero-order chi connectivity index (χ0) is 16.1. The van der Waals surface area contributed by atoms with Crippen LogP contribution in [0.4, 0.5) is 0 Å². The summed E-state index contributed by atoms with van der Waals surface area (Å²) in [6, 6.07) is 3.94. The first-order valence-corrected chi connectivity index (χ1v) is 7.44. The Hall–Kier alpha value is -2.01. The Kier molecular flexibility index (Phi) is 5.44. The van der Waals surface area contributed by atoms with E-state index in [0.29, 0.717) is 6.61 Å². The molecule has 0 saturated carbocycles. The first kappa shape index (κ1) is 16.4. The van der Waals surface area contributed by atoms with Gasteiger partial charge in [0.15, 0.2) is 11.5 Å². The summed E-state index contributed by atoms with van der Waals surface area (Å²) in [5, 5.41) is 3.05. The fourth-order valence-corrected chi connectivity index (χ4v) is 2.51. The molecule has 1 atom stereocenters. The number of fused-ring (bicyclic) bond motifs is 1. The maximum atomic E-state index is 12.1. The second-order valence-corrected chi connectivity index (χ2v) is 5.75. The van der Waals surface area contributed by atoms with Crippen LogP contribution in [0.15, 0.2) is 24.3 Å². The zero-order valence-corrected chi connectivity index (χ0v) is 13.7. The first-order chi connectivity index (χ1) is 10.5. The summed E-state index contributed by atoms with van der Waals surface area (Å²) >= 11 is 0. The summed E-state index contributed by atoms with van der Waals surface area (Å²) in [7, 11) is 5.56. The number of nitrogens with one attached hydrogen (secondary N) is 1. The number of amides is 1. The number of ether oxygens (including phenoxy) is 2. The Morgan fingerprint density at radius 2 is 2.27 bits per heavy atom. The van der Waals surface area contributed by atoms with E-state index in [0.717, 1.165) is 35.6 Å². The number of carbonyl (C=O) groups is 1.